The Balaban J connectivity index is 0.00000342. The van der Waals surface area contributed by atoms with Crippen LogP contribution in [0.15, 0.2) is 109 Å². The third-order valence-electron chi connectivity index (χ3n) is 6.31. The van der Waals surface area contributed by atoms with Gasteiger partial charge in [0.2, 0.25) is 0 Å². The van der Waals surface area contributed by atoms with Crippen molar-refractivity contribution in [1.82, 2.24) is 0 Å². The van der Waals surface area contributed by atoms with Gasteiger partial charge in [0.25, 0.3) is 0 Å². The van der Waals surface area contributed by atoms with E-state index in [1.165, 1.54) is 34.9 Å². The van der Waals surface area contributed by atoms with Gasteiger partial charge >= 0.3 is 0 Å². The number of benzene rings is 4. The van der Waals surface area contributed by atoms with Crippen LogP contribution in [-0.2, 0) is 0 Å². The fourth-order valence-corrected chi connectivity index (χ4v) is 8.93. The van der Waals surface area contributed by atoms with Crippen molar-refractivity contribution in [3.63, 3.8) is 0 Å². The van der Waals surface area contributed by atoms with Crippen molar-refractivity contribution in [2.24, 2.45) is 0 Å². The van der Waals surface area contributed by atoms with Gasteiger partial charge in [-0.1, -0.05) is 54.6 Å². The number of ether oxygens (including phenoxy) is 1. The van der Waals surface area contributed by atoms with Crippen LogP contribution in [0.4, 0.5) is 11.4 Å². The van der Waals surface area contributed by atoms with Gasteiger partial charge < -0.3 is 16.2 Å². The molecule has 4 aromatic carbocycles. The molecule has 4 N–H and O–H groups in total. The molecule has 0 spiro atoms. The second-order valence-corrected chi connectivity index (χ2v) is 12.2. The van der Waals surface area contributed by atoms with Crippen LogP contribution in [0.3, 0.4) is 0 Å². The molecule has 3 nitrogen and oxygen atoms in total. The Morgan fingerprint density at radius 1 is 0.543 bits per heavy atom. The molecule has 0 saturated heterocycles. The Labute approximate surface area is 216 Å². The van der Waals surface area contributed by atoms with E-state index in [-0.39, 0.29) is 12.4 Å². The van der Waals surface area contributed by atoms with E-state index in [1.807, 2.05) is 6.07 Å². The summed E-state index contributed by atoms with van der Waals surface area (Å²) in [6.07, 6.45) is 5.70. The lowest BCUT2D eigenvalue weighted by molar-refractivity contribution is 0.305. The molecule has 0 atom stereocenters. The minimum absolute atomic E-state index is 0. The lowest BCUT2D eigenvalue weighted by Crippen LogP contribution is -2.33. The van der Waals surface area contributed by atoms with Crippen LogP contribution >= 0.6 is 19.7 Å². The Hall–Kier alpha value is -3.00. The van der Waals surface area contributed by atoms with E-state index in [9.17, 15) is 0 Å². The molecule has 4 aromatic rings. The first-order valence-corrected chi connectivity index (χ1v) is 14.0. The minimum atomic E-state index is -1.72. The first kappa shape index (κ1) is 26.6. The molecule has 0 fully saturated rings. The van der Waals surface area contributed by atoms with Gasteiger partial charge in [-0.2, -0.15) is 0 Å². The van der Waals surface area contributed by atoms with Crippen molar-refractivity contribution in [3.05, 3.63) is 109 Å². The van der Waals surface area contributed by atoms with E-state index < -0.39 is 7.26 Å². The molecular formula is C30H35ClN2OP+. The van der Waals surface area contributed by atoms with Gasteiger partial charge in [0.1, 0.15) is 28.9 Å². The summed E-state index contributed by atoms with van der Waals surface area (Å²) >= 11 is 0. The largest absolute Gasteiger partial charge is 0.494 e. The summed E-state index contributed by atoms with van der Waals surface area (Å²) in [6, 6.07) is 38.8. The van der Waals surface area contributed by atoms with Crippen molar-refractivity contribution in [2.45, 2.75) is 25.7 Å². The van der Waals surface area contributed by atoms with Gasteiger partial charge in [0.15, 0.2) is 0 Å². The number of nitrogens with two attached hydrogens (primary N) is 2. The maximum Gasteiger partial charge on any atom is 0.121 e. The van der Waals surface area contributed by atoms with Crippen LogP contribution in [0.25, 0.3) is 0 Å². The molecule has 0 aliphatic rings. The van der Waals surface area contributed by atoms with E-state index in [2.05, 4.69) is 91.0 Å². The van der Waals surface area contributed by atoms with Gasteiger partial charge in [-0.25, -0.2) is 0 Å². The predicted octanol–water partition coefficient (Wildman–Crippen LogP) is 6.21. The van der Waals surface area contributed by atoms with E-state index in [0.29, 0.717) is 18.0 Å². The van der Waals surface area contributed by atoms with Crippen LogP contribution in [0, 0.1) is 0 Å². The molecule has 0 bridgehead atoms. The van der Waals surface area contributed by atoms with Gasteiger partial charge in [-0.3, -0.25) is 0 Å². The normalized spacial score (nSPS) is 11.0. The number of halogens is 1. The number of hydrogen-bond acceptors (Lipinski definition) is 3. The maximum absolute atomic E-state index is 5.87. The first-order chi connectivity index (χ1) is 16.7. The summed E-state index contributed by atoms with van der Waals surface area (Å²) in [5.74, 6) is 0.786. The molecule has 0 aliphatic heterocycles. The van der Waals surface area contributed by atoms with Gasteiger partial charge in [-0.15, -0.1) is 12.4 Å². The highest BCUT2D eigenvalue weighted by molar-refractivity contribution is 7.95. The number of nitrogen functional groups attached to an aromatic ring is 2. The number of rotatable bonds is 11. The molecule has 0 aliphatic carbocycles. The smallest absolute Gasteiger partial charge is 0.121 e. The van der Waals surface area contributed by atoms with Gasteiger partial charge in [0, 0.05) is 6.07 Å². The van der Waals surface area contributed by atoms with Crippen LogP contribution < -0.4 is 32.1 Å². The lowest BCUT2D eigenvalue weighted by atomic mass is 10.2. The fraction of sp³-hybridized carbons (Fsp3) is 0.200. The number of anilines is 2. The van der Waals surface area contributed by atoms with Crippen molar-refractivity contribution in [1.29, 1.82) is 0 Å². The van der Waals surface area contributed by atoms with Gasteiger partial charge in [-0.05, 0) is 74.2 Å². The zero-order chi connectivity index (χ0) is 23.6. The summed E-state index contributed by atoms with van der Waals surface area (Å²) < 4.78 is 5.87. The highest BCUT2D eigenvalue weighted by Gasteiger charge is 2.44. The molecule has 35 heavy (non-hydrogen) atoms. The Morgan fingerprint density at radius 3 is 1.51 bits per heavy atom. The van der Waals surface area contributed by atoms with Crippen LogP contribution in [-0.4, -0.2) is 12.8 Å². The average molecular weight is 506 g/mol. The Bertz CT molecular complexity index is 1060. The molecule has 0 aromatic heterocycles. The molecule has 0 radical (unpaired) electrons. The number of unbranched alkanes of at least 4 members (excludes halogenated alkanes) is 3. The van der Waals surface area contributed by atoms with Crippen LogP contribution in [0.1, 0.15) is 25.7 Å². The molecule has 0 saturated carbocycles. The third kappa shape index (κ3) is 6.57. The lowest BCUT2D eigenvalue weighted by Gasteiger charge is -2.27. The molecule has 182 valence electrons. The van der Waals surface area contributed by atoms with Crippen molar-refractivity contribution >= 4 is 47.0 Å². The molecule has 4 rings (SSSR count). The summed E-state index contributed by atoms with van der Waals surface area (Å²) in [5, 5.41) is 4.37. The fourth-order valence-electron chi connectivity index (χ4n) is 4.52. The average Bonchev–Trinajstić information content (AvgIpc) is 2.89. The number of hydrogen-bond donors (Lipinski definition) is 2. The molecule has 5 heteroatoms. The third-order valence-corrected chi connectivity index (χ3v) is 10.8. The summed E-state index contributed by atoms with van der Waals surface area (Å²) in [6.45, 7) is 0.694. The second-order valence-electron chi connectivity index (χ2n) is 8.59. The molecule has 0 unspecified atom stereocenters. The van der Waals surface area contributed by atoms with Crippen molar-refractivity contribution < 1.29 is 4.74 Å². The monoisotopic (exact) mass is 505 g/mol. The van der Waals surface area contributed by atoms with Crippen molar-refractivity contribution in [3.8, 4) is 5.75 Å². The maximum atomic E-state index is 5.87. The second kappa shape index (κ2) is 13.2. The standard InChI is InChI=1S/C30H34N2OP.ClH/c31-29-21-20-25(24-30(29)32)33-22-12-1-2-13-23-34(26-14-6-3-7-15-26,27-16-8-4-9-17-27)28-18-10-5-11-19-28;/h3-11,14-21,24H,1-2,12-13,22-23,31-32H2;1H/q+1;. The van der Waals surface area contributed by atoms with Gasteiger partial charge in [0.05, 0.1) is 24.1 Å². The molecule has 0 heterocycles. The predicted molar refractivity (Wildman–Crippen MR) is 156 cm³/mol. The van der Waals surface area contributed by atoms with E-state index >= 15 is 0 Å². The van der Waals surface area contributed by atoms with Crippen molar-refractivity contribution in [2.75, 3.05) is 24.2 Å². The summed E-state index contributed by atoms with van der Waals surface area (Å²) in [5.41, 5.74) is 12.8. The first-order valence-electron chi connectivity index (χ1n) is 12.0. The topological polar surface area (TPSA) is 61.3 Å². The molecular weight excluding hydrogens is 471 g/mol. The Morgan fingerprint density at radius 2 is 1.03 bits per heavy atom. The highest BCUT2D eigenvalue weighted by Crippen LogP contribution is 2.55. The molecule has 0 amide bonds. The quantitative estimate of drug-likeness (QED) is 0.145. The van der Waals surface area contributed by atoms with Crippen LogP contribution in [0.5, 0.6) is 5.75 Å². The van der Waals surface area contributed by atoms with E-state index in [4.69, 9.17) is 16.2 Å². The van der Waals surface area contributed by atoms with Crippen LogP contribution in [0.2, 0.25) is 0 Å². The zero-order valence-electron chi connectivity index (χ0n) is 20.1. The highest BCUT2D eigenvalue weighted by atomic mass is 35.5. The zero-order valence-corrected chi connectivity index (χ0v) is 21.8. The van der Waals surface area contributed by atoms with E-state index in [0.717, 1.165) is 18.6 Å². The summed E-state index contributed by atoms with van der Waals surface area (Å²) in [4.78, 5) is 0. The Kier molecular flexibility index (Phi) is 10.0. The summed E-state index contributed by atoms with van der Waals surface area (Å²) in [7, 11) is -1.72. The van der Waals surface area contributed by atoms with E-state index in [1.54, 1.807) is 12.1 Å². The SMILES string of the molecule is Cl.Nc1ccc(OCCCCCC[P+](c2ccccc2)(c2ccccc2)c2ccccc2)cc1N. The minimum Gasteiger partial charge on any atom is -0.494 e.